The Balaban J connectivity index is 3.08. The van der Waals surface area contributed by atoms with E-state index in [1.54, 1.807) is 19.9 Å². The van der Waals surface area contributed by atoms with Gasteiger partial charge >= 0.3 is 12.1 Å². The molecule has 5 nitrogen and oxygen atoms in total. The van der Waals surface area contributed by atoms with Crippen LogP contribution in [0.25, 0.3) is 0 Å². The average molecular weight is 308 g/mol. The van der Waals surface area contributed by atoms with E-state index >= 15 is 0 Å². The lowest BCUT2D eigenvalue weighted by Gasteiger charge is -2.21. The van der Waals surface area contributed by atoms with E-state index in [0.717, 1.165) is 5.56 Å². The number of carbonyl (C=O) groups excluding carboxylic acids is 2. The second kappa shape index (κ2) is 7.82. The molecule has 122 valence electrons. The van der Waals surface area contributed by atoms with E-state index in [1.807, 2.05) is 12.1 Å². The Morgan fingerprint density at radius 3 is 2.23 bits per heavy atom. The van der Waals surface area contributed by atoms with Crippen molar-refractivity contribution in [2.24, 2.45) is 0 Å². The summed E-state index contributed by atoms with van der Waals surface area (Å²) >= 11 is 0. The number of esters is 1. The SMILES string of the molecule is CCOC(=O)Cc1cc(C(C)(C)C)ccc1OC(=O)OCC. The molecule has 0 aliphatic carbocycles. The third-order valence-electron chi connectivity index (χ3n) is 3.02. The largest absolute Gasteiger partial charge is 0.513 e. The van der Waals surface area contributed by atoms with Crippen LogP contribution in [0.1, 0.15) is 45.7 Å². The predicted octanol–water partition coefficient (Wildman–Crippen LogP) is 3.63. The first-order valence-electron chi connectivity index (χ1n) is 7.41. The zero-order chi connectivity index (χ0) is 16.8. The number of ether oxygens (including phenoxy) is 3. The maximum absolute atomic E-state index is 11.7. The van der Waals surface area contributed by atoms with Gasteiger partial charge in [0, 0.05) is 5.56 Å². The van der Waals surface area contributed by atoms with Crippen molar-refractivity contribution in [3.8, 4) is 5.75 Å². The number of hydrogen-bond acceptors (Lipinski definition) is 5. The van der Waals surface area contributed by atoms with Crippen LogP contribution in [0.3, 0.4) is 0 Å². The highest BCUT2D eigenvalue weighted by Crippen LogP contribution is 2.29. The Hall–Kier alpha value is -2.04. The second-order valence-electron chi connectivity index (χ2n) is 5.84. The zero-order valence-electron chi connectivity index (χ0n) is 13.9. The van der Waals surface area contributed by atoms with Crippen molar-refractivity contribution in [3.05, 3.63) is 29.3 Å². The molecule has 22 heavy (non-hydrogen) atoms. The smallest absolute Gasteiger partial charge is 0.466 e. The quantitative estimate of drug-likeness (QED) is 0.614. The van der Waals surface area contributed by atoms with Gasteiger partial charge in [-0.25, -0.2) is 4.79 Å². The Morgan fingerprint density at radius 2 is 1.68 bits per heavy atom. The molecule has 0 saturated carbocycles. The molecule has 0 aromatic heterocycles. The number of carbonyl (C=O) groups is 2. The molecular weight excluding hydrogens is 284 g/mol. The van der Waals surface area contributed by atoms with Gasteiger partial charge < -0.3 is 14.2 Å². The van der Waals surface area contributed by atoms with Gasteiger partial charge in [-0.3, -0.25) is 4.79 Å². The minimum Gasteiger partial charge on any atom is -0.466 e. The summed E-state index contributed by atoms with van der Waals surface area (Å²) in [6, 6.07) is 5.43. The highest BCUT2D eigenvalue weighted by Gasteiger charge is 2.19. The van der Waals surface area contributed by atoms with Crippen LogP contribution >= 0.6 is 0 Å². The molecule has 5 heteroatoms. The molecule has 0 N–H and O–H groups in total. The van der Waals surface area contributed by atoms with E-state index in [9.17, 15) is 9.59 Å². The third-order valence-corrected chi connectivity index (χ3v) is 3.02. The van der Waals surface area contributed by atoms with Crippen molar-refractivity contribution in [2.45, 2.75) is 46.5 Å². The normalized spacial score (nSPS) is 11.0. The maximum Gasteiger partial charge on any atom is 0.513 e. The first-order chi connectivity index (χ1) is 10.3. The molecule has 0 bridgehead atoms. The Labute approximate surface area is 131 Å². The highest BCUT2D eigenvalue weighted by molar-refractivity contribution is 5.74. The summed E-state index contributed by atoms with van der Waals surface area (Å²) < 4.78 is 14.9. The molecule has 1 aromatic rings. The fourth-order valence-electron chi connectivity index (χ4n) is 1.89. The zero-order valence-corrected chi connectivity index (χ0v) is 13.9. The molecule has 0 heterocycles. The number of benzene rings is 1. The van der Waals surface area contributed by atoms with Gasteiger partial charge in [0.05, 0.1) is 19.6 Å². The summed E-state index contributed by atoms with van der Waals surface area (Å²) in [5, 5.41) is 0. The monoisotopic (exact) mass is 308 g/mol. The molecule has 1 aromatic carbocycles. The molecule has 0 atom stereocenters. The van der Waals surface area contributed by atoms with Crippen molar-refractivity contribution in [2.75, 3.05) is 13.2 Å². The molecule has 1 rings (SSSR count). The molecular formula is C17H24O5. The van der Waals surface area contributed by atoms with Crippen molar-refractivity contribution < 1.29 is 23.8 Å². The van der Waals surface area contributed by atoms with Gasteiger partial charge in [-0.15, -0.1) is 0 Å². The van der Waals surface area contributed by atoms with E-state index in [0.29, 0.717) is 17.9 Å². The topological polar surface area (TPSA) is 61.8 Å². The van der Waals surface area contributed by atoms with Crippen molar-refractivity contribution >= 4 is 12.1 Å². The minimum atomic E-state index is -0.781. The minimum absolute atomic E-state index is 0.0481. The molecule has 0 amide bonds. The van der Waals surface area contributed by atoms with Crippen LogP contribution in [-0.2, 0) is 26.1 Å². The summed E-state index contributed by atoms with van der Waals surface area (Å²) in [4.78, 5) is 23.2. The molecule has 0 unspecified atom stereocenters. The number of rotatable bonds is 5. The summed E-state index contributed by atoms with van der Waals surface area (Å²) in [5.74, 6) is -0.0400. The Kier molecular flexibility index (Phi) is 6.40. The predicted molar refractivity (Wildman–Crippen MR) is 83.1 cm³/mol. The molecule has 0 spiro atoms. The van der Waals surface area contributed by atoms with Crippen LogP contribution in [0.15, 0.2) is 18.2 Å². The van der Waals surface area contributed by atoms with E-state index < -0.39 is 6.16 Å². The van der Waals surface area contributed by atoms with E-state index in [1.165, 1.54) is 0 Å². The Bertz CT molecular complexity index is 528. The van der Waals surface area contributed by atoms with E-state index in [-0.39, 0.29) is 24.4 Å². The van der Waals surface area contributed by atoms with Crippen LogP contribution in [0.2, 0.25) is 0 Å². The van der Waals surface area contributed by atoms with Gasteiger partial charge in [0.1, 0.15) is 5.75 Å². The van der Waals surface area contributed by atoms with Crippen LogP contribution < -0.4 is 4.74 Å². The van der Waals surface area contributed by atoms with Gasteiger partial charge in [0.2, 0.25) is 0 Å². The van der Waals surface area contributed by atoms with Crippen molar-refractivity contribution in [1.29, 1.82) is 0 Å². The van der Waals surface area contributed by atoms with Crippen LogP contribution in [-0.4, -0.2) is 25.3 Å². The lowest BCUT2D eigenvalue weighted by molar-refractivity contribution is -0.142. The van der Waals surface area contributed by atoms with Crippen LogP contribution in [0, 0.1) is 0 Å². The number of hydrogen-bond donors (Lipinski definition) is 0. The van der Waals surface area contributed by atoms with Gasteiger partial charge in [-0.2, -0.15) is 0 Å². The van der Waals surface area contributed by atoms with Gasteiger partial charge in [-0.1, -0.05) is 32.9 Å². The molecule has 0 radical (unpaired) electrons. The molecule has 0 saturated heterocycles. The summed E-state index contributed by atoms with van der Waals surface area (Å²) in [6.07, 6.45) is -0.733. The van der Waals surface area contributed by atoms with E-state index in [4.69, 9.17) is 14.2 Å². The Morgan fingerprint density at radius 1 is 1.05 bits per heavy atom. The second-order valence-corrected chi connectivity index (χ2v) is 5.84. The highest BCUT2D eigenvalue weighted by atomic mass is 16.7. The molecule has 0 aliphatic rings. The van der Waals surface area contributed by atoms with Gasteiger partial charge in [0.25, 0.3) is 0 Å². The lowest BCUT2D eigenvalue weighted by Crippen LogP contribution is -2.16. The first-order valence-corrected chi connectivity index (χ1v) is 7.41. The summed E-state index contributed by atoms with van der Waals surface area (Å²) in [6.45, 7) is 10.2. The fraction of sp³-hybridized carbons (Fsp3) is 0.529. The van der Waals surface area contributed by atoms with Gasteiger partial charge in [-0.05, 0) is 30.9 Å². The van der Waals surface area contributed by atoms with Gasteiger partial charge in [0.15, 0.2) is 0 Å². The lowest BCUT2D eigenvalue weighted by atomic mass is 9.85. The standard InChI is InChI=1S/C17H24O5/c1-6-20-15(18)11-12-10-13(17(3,4)5)8-9-14(12)22-16(19)21-7-2/h8-10H,6-7,11H2,1-5H3. The third kappa shape index (κ3) is 5.39. The van der Waals surface area contributed by atoms with Crippen molar-refractivity contribution in [3.63, 3.8) is 0 Å². The molecule has 0 aliphatic heterocycles. The fourth-order valence-corrected chi connectivity index (χ4v) is 1.89. The van der Waals surface area contributed by atoms with E-state index in [2.05, 4.69) is 20.8 Å². The van der Waals surface area contributed by atoms with Crippen LogP contribution in [0.4, 0.5) is 4.79 Å². The van der Waals surface area contributed by atoms with Crippen molar-refractivity contribution in [1.82, 2.24) is 0 Å². The molecule has 0 fully saturated rings. The summed E-state index contributed by atoms with van der Waals surface area (Å²) in [5.41, 5.74) is 1.58. The maximum atomic E-state index is 11.7. The average Bonchev–Trinajstić information content (AvgIpc) is 2.40. The summed E-state index contributed by atoms with van der Waals surface area (Å²) in [7, 11) is 0. The van der Waals surface area contributed by atoms with Crippen LogP contribution in [0.5, 0.6) is 5.75 Å². The first kappa shape index (κ1) is 18.0.